The molecule has 1 saturated heterocycles. The molecule has 0 spiro atoms. The van der Waals surface area contributed by atoms with Gasteiger partial charge in [0.2, 0.25) is 0 Å². The Morgan fingerprint density at radius 2 is 1.61 bits per heavy atom. The number of pyridine rings is 1. The number of carbonyl (C=O) groups excluding carboxylic acids is 1. The van der Waals surface area contributed by atoms with Crippen molar-refractivity contribution in [3.05, 3.63) is 106 Å². The molecule has 6 nitrogen and oxygen atoms in total. The van der Waals surface area contributed by atoms with Crippen LogP contribution in [0.5, 0.6) is 0 Å². The number of benzene rings is 3. The lowest BCUT2D eigenvalue weighted by molar-refractivity contribution is 0.00578. The molecule has 1 aromatic heterocycles. The monoisotopic (exact) mass is 566 g/mol. The number of aromatic nitrogens is 1. The highest BCUT2D eigenvalue weighted by molar-refractivity contribution is 6.56. The molecule has 41 heavy (non-hydrogen) atoms. The third-order valence-corrected chi connectivity index (χ3v) is 8.73. The van der Waals surface area contributed by atoms with E-state index in [0.29, 0.717) is 5.02 Å². The highest BCUT2D eigenvalue weighted by Crippen LogP contribution is 2.44. The molecular weight excluding hydrogens is 535 g/mol. The van der Waals surface area contributed by atoms with Gasteiger partial charge in [-0.1, -0.05) is 72.3 Å². The van der Waals surface area contributed by atoms with Gasteiger partial charge in [0.25, 0.3) is 0 Å². The number of hydrogen-bond donors (Lipinski definition) is 1. The first-order chi connectivity index (χ1) is 19.6. The Morgan fingerprint density at radius 3 is 2.27 bits per heavy atom. The molecule has 0 unspecified atom stereocenters. The van der Waals surface area contributed by atoms with Crippen molar-refractivity contribution in [1.29, 1.82) is 0 Å². The first-order valence-corrected chi connectivity index (χ1v) is 14.2. The lowest BCUT2D eigenvalue weighted by Crippen LogP contribution is -2.41. The molecule has 0 atom stereocenters. The van der Waals surface area contributed by atoms with Crippen molar-refractivity contribution in [1.82, 2.24) is 10.3 Å². The number of fused-ring (bicyclic) bond motifs is 4. The van der Waals surface area contributed by atoms with Crippen molar-refractivity contribution in [2.75, 3.05) is 13.2 Å². The van der Waals surface area contributed by atoms with Gasteiger partial charge in [-0.15, -0.1) is 0 Å². The van der Waals surface area contributed by atoms with Crippen LogP contribution in [0.3, 0.4) is 0 Å². The van der Waals surface area contributed by atoms with Crippen LogP contribution in [0, 0.1) is 0 Å². The van der Waals surface area contributed by atoms with Crippen LogP contribution >= 0.6 is 11.6 Å². The first kappa shape index (κ1) is 27.5. The molecule has 0 saturated carbocycles. The lowest BCUT2D eigenvalue weighted by atomic mass is 9.77. The van der Waals surface area contributed by atoms with E-state index in [1.54, 1.807) is 12.3 Å². The molecule has 1 amide bonds. The zero-order chi connectivity index (χ0) is 28.8. The van der Waals surface area contributed by atoms with Crippen LogP contribution in [0.4, 0.5) is 4.79 Å². The molecule has 6 rings (SSSR count). The van der Waals surface area contributed by atoms with Crippen LogP contribution in [0.1, 0.15) is 50.3 Å². The maximum atomic E-state index is 13.0. The standard InChI is InChI=1S/C33H32BClN2O4/c1-32(2)33(3,4)41-34(40-32)22(17-21-13-14-30-27(18-21)29(35)15-16-36-30)19-37-31(38)39-20-28-25-11-7-5-9-23(25)24-10-6-8-12-26(24)28/h5-18,28H,19-20H2,1-4H3,(H,37,38). The van der Waals surface area contributed by atoms with Crippen molar-refractivity contribution in [3.63, 3.8) is 0 Å². The Hall–Kier alpha value is -3.65. The van der Waals surface area contributed by atoms with Crippen molar-refractivity contribution < 1.29 is 18.8 Å². The number of amides is 1. The highest BCUT2D eigenvalue weighted by Gasteiger charge is 2.52. The Morgan fingerprint density at radius 1 is 0.976 bits per heavy atom. The fourth-order valence-electron chi connectivity index (χ4n) is 5.45. The average Bonchev–Trinajstić information content (AvgIpc) is 3.39. The molecule has 1 N–H and O–H groups in total. The van der Waals surface area contributed by atoms with Crippen molar-refractivity contribution >= 4 is 41.8 Å². The van der Waals surface area contributed by atoms with Gasteiger partial charge >= 0.3 is 13.2 Å². The average molecular weight is 567 g/mol. The summed E-state index contributed by atoms with van der Waals surface area (Å²) in [4.78, 5) is 17.4. The van der Waals surface area contributed by atoms with Gasteiger partial charge in [-0.05, 0) is 79.2 Å². The van der Waals surface area contributed by atoms with E-state index in [9.17, 15) is 4.79 Å². The second kappa shape index (κ2) is 10.6. The number of halogens is 1. The van der Waals surface area contributed by atoms with E-state index in [0.717, 1.165) is 21.9 Å². The second-order valence-corrected chi connectivity index (χ2v) is 12.0. The van der Waals surface area contributed by atoms with Gasteiger partial charge < -0.3 is 19.4 Å². The Bertz CT molecular complexity index is 1610. The van der Waals surface area contributed by atoms with Crippen LogP contribution < -0.4 is 5.32 Å². The summed E-state index contributed by atoms with van der Waals surface area (Å²) in [6.45, 7) is 8.45. The maximum absolute atomic E-state index is 13.0. The van der Waals surface area contributed by atoms with E-state index in [1.165, 1.54) is 22.3 Å². The maximum Gasteiger partial charge on any atom is 0.492 e. The topological polar surface area (TPSA) is 69.7 Å². The number of carbonyl (C=O) groups is 1. The van der Waals surface area contributed by atoms with Gasteiger partial charge in [-0.25, -0.2) is 4.79 Å². The highest BCUT2D eigenvalue weighted by atomic mass is 35.5. The van der Waals surface area contributed by atoms with Gasteiger partial charge in [-0.3, -0.25) is 4.98 Å². The summed E-state index contributed by atoms with van der Waals surface area (Å²) in [6.07, 6.45) is 3.16. The second-order valence-electron chi connectivity index (χ2n) is 11.6. The zero-order valence-corrected chi connectivity index (χ0v) is 24.4. The Labute approximate surface area is 245 Å². The smallest absolute Gasteiger partial charge is 0.449 e. The third kappa shape index (κ3) is 5.26. The van der Waals surface area contributed by atoms with Crippen LogP contribution in [0.2, 0.25) is 5.02 Å². The van der Waals surface area contributed by atoms with E-state index in [1.807, 2.05) is 76.2 Å². The predicted molar refractivity (Wildman–Crippen MR) is 164 cm³/mol. The summed E-state index contributed by atoms with van der Waals surface area (Å²) in [5, 5.41) is 4.40. The molecule has 2 heterocycles. The molecule has 0 bridgehead atoms. The number of rotatable bonds is 6. The lowest BCUT2D eigenvalue weighted by Gasteiger charge is -2.32. The van der Waals surface area contributed by atoms with Crippen molar-refractivity contribution in [3.8, 4) is 11.1 Å². The largest absolute Gasteiger partial charge is 0.492 e. The summed E-state index contributed by atoms with van der Waals surface area (Å²) in [5.74, 6) is -0.0118. The minimum Gasteiger partial charge on any atom is -0.449 e. The van der Waals surface area contributed by atoms with Crippen LogP contribution in [-0.2, 0) is 14.0 Å². The van der Waals surface area contributed by atoms with Crippen LogP contribution in [0.25, 0.3) is 28.1 Å². The molecular formula is C33H32BClN2O4. The van der Waals surface area contributed by atoms with Gasteiger partial charge in [0.15, 0.2) is 0 Å². The zero-order valence-electron chi connectivity index (χ0n) is 23.6. The normalized spacial score (nSPS) is 17.4. The molecule has 2 aliphatic rings. The number of nitrogens with zero attached hydrogens (tertiary/aromatic N) is 1. The van der Waals surface area contributed by atoms with Gasteiger partial charge in [-0.2, -0.15) is 0 Å². The van der Waals surface area contributed by atoms with Crippen LogP contribution in [-0.4, -0.2) is 42.5 Å². The van der Waals surface area contributed by atoms with E-state index in [4.69, 9.17) is 25.6 Å². The van der Waals surface area contributed by atoms with E-state index in [2.05, 4.69) is 34.6 Å². The molecule has 8 heteroatoms. The van der Waals surface area contributed by atoms with Gasteiger partial charge in [0.1, 0.15) is 6.61 Å². The summed E-state index contributed by atoms with van der Waals surface area (Å²) in [6, 6.07) is 24.2. The van der Waals surface area contributed by atoms with Crippen molar-refractivity contribution in [2.45, 2.75) is 44.8 Å². The van der Waals surface area contributed by atoms with Crippen LogP contribution in [0.15, 0.2) is 84.5 Å². The fraction of sp³-hybridized carbons (Fsp3) is 0.273. The number of alkyl carbamates (subject to hydrolysis) is 1. The third-order valence-electron chi connectivity index (χ3n) is 8.40. The summed E-state index contributed by atoms with van der Waals surface area (Å²) >= 11 is 6.44. The number of hydrogen-bond acceptors (Lipinski definition) is 5. The molecule has 1 aliphatic carbocycles. The minimum absolute atomic E-state index is 0.0118. The quantitative estimate of drug-likeness (QED) is 0.246. The SMILES string of the molecule is CC1(C)OB(C(=Cc2ccc3nccc(Cl)c3c2)CNC(=O)OCC2c3ccccc3-c3ccccc32)OC1(C)C. The molecule has 1 fully saturated rings. The summed E-state index contributed by atoms with van der Waals surface area (Å²) < 4.78 is 18.5. The minimum atomic E-state index is -0.644. The predicted octanol–water partition coefficient (Wildman–Crippen LogP) is 7.44. The first-order valence-electron chi connectivity index (χ1n) is 13.8. The molecule has 3 aromatic carbocycles. The summed E-state index contributed by atoms with van der Waals surface area (Å²) in [5.41, 5.74) is 6.12. The molecule has 1 aliphatic heterocycles. The molecule has 0 radical (unpaired) electrons. The van der Waals surface area contributed by atoms with Gasteiger partial charge in [0, 0.05) is 24.0 Å². The Kier molecular flexibility index (Phi) is 7.14. The number of ether oxygens (including phenoxy) is 1. The van der Waals surface area contributed by atoms with Crippen molar-refractivity contribution in [2.24, 2.45) is 0 Å². The Balaban J connectivity index is 1.21. The van der Waals surface area contributed by atoms with E-state index in [-0.39, 0.29) is 19.1 Å². The van der Waals surface area contributed by atoms with E-state index >= 15 is 0 Å². The van der Waals surface area contributed by atoms with E-state index < -0.39 is 24.4 Å². The molecule has 4 aromatic rings. The molecule has 208 valence electrons. The summed E-state index contributed by atoms with van der Waals surface area (Å²) in [7, 11) is -0.644. The van der Waals surface area contributed by atoms with Gasteiger partial charge in [0.05, 0.1) is 21.7 Å². The number of nitrogens with one attached hydrogen (secondary N) is 1. The fourth-order valence-corrected chi connectivity index (χ4v) is 5.66.